The Labute approximate surface area is 262 Å². The third kappa shape index (κ3) is 7.79. The number of phenolic OH excluding ortho intramolecular Hbond substituents is 2. The standard InChI is InChI=1S/C39H60O4/c1-7-9-11-13-19-42-21-15-17-29-23-31-33(25-35(29)40)39(27-37(31,3)4)28-38(5,6)32-24-30(36(41)26-34(32)39)18-16-22-43-20-14-12-10-8-2/h23-26,40-41H,7-22,27-28H2,1-6H3. The number of phenols is 2. The molecular formula is C39H60O4. The average Bonchev–Trinajstić information content (AvgIpc) is 3.30. The Bertz CT molecular complexity index is 1100. The molecule has 4 rings (SSSR count). The monoisotopic (exact) mass is 592 g/mol. The number of aromatic hydroxyl groups is 2. The highest BCUT2D eigenvalue weighted by atomic mass is 16.5. The molecule has 0 amide bonds. The summed E-state index contributed by atoms with van der Waals surface area (Å²) in [6.07, 6.45) is 15.3. The lowest BCUT2D eigenvalue weighted by Crippen LogP contribution is -2.26. The quantitative estimate of drug-likeness (QED) is 0.169. The Balaban J connectivity index is 1.48. The van der Waals surface area contributed by atoms with Gasteiger partial charge in [0.1, 0.15) is 11.5 Å². The fourth-order valence-corrected chi connectivity index (χ4v) is 8.06. The lowest BCUT2D eigenvalue weighted by molar-refractivity contribution is 0.127. The first-order valence-electron chi connectivity index (χ1n) is 17.4. The van der Waals surface area contributed by atoms with E-state index in [4.69, 9.17) is 9.47 Å². The highest BCUT2D eigenvalue weighted by molar-refractivity contribution is 5.63. The van der Waals surface area contributed by atoms with Crippen molar-refractivity contribution >= 4 is 0 Å². The van der Waals surface area contributed by atoms with Crippen molar-refractivity contribution in [2.24, 2.45) is 0 Å². The molecule has 43 heavy (non-hydrogen) atoms. The highest BCUT2D eigenvalue weighted by Gasteiger charge is 2.56. The van der Waals surface area contributed by atoms with E-state index in [1.54, 1.807) is 0 Å². The van der Waals surface area contributed by atoms with Crippen LogP contribution in [-0.2, 0) is 38.6 Å². The normalized spacial score (nSPS) is 17.4. The number of rotatable bonds is 18. The summed E-state index contributed by atoms with van der Waals surface area (Å²) >= 11 is 0. The summed E-state index contributed by atoms with van der Waals surface area (Å²) < 4.78 is 11.8. The molecule has 0 aromatic heterocycles. The van der Waals surface area contributed by atoms with Crippen molar-refractivity contribution < 1.29 is 19.7 Å². The Morgan fingerprint density at radius 2 is 0.930 bits per heavy atom. The third-order valence-electron chi connectivity index (χ3n) is 10.2. The molecule has 0 unspecified atom stereocenters. The molecule has 0 atom stereocenters. The molecule has 0 radical (unpaired) electrons. The molecule has 2 aromatic carbocycles. The summed E-state index contributed by atoms with van der Waals surface area (Å²) in [7, 11) is 0. The topological polar surface area (TPSA) is 58.9 Å². The fourth-order valence-electron chi connectivity index (χ4n) is 8.06. The van der Waals surface area contributed by atoms with Gasteiger partial charge in [-0.05, 0) is 108 Å². The van der Waals surface area contributed by atoms with E-state index in [-0.39, 0.29) is 16.2 Å². The van der Waals surface area contributed by atoms with Crippen LogP contribution in [0.2, 0.25) is 0 Å². The maximum atomic E-state index is 11.3. The van der Waals surface area contributed by atoms with Crippen LogP contribution in [-0.4, -0.2) is 36.6 Å². The van der Waals surface area contributed by atoms with Crippen LogP contribution in [0.3, 0.4) is 0 Å². The molecule has 2 aromatic rings. The molecule has 0 saturated heterocycles. The summed E-state index contributed by atoms with van der Waals surface area (Å²) in [5, 5.41) is 22.5. The SMILES string of the molecule is CCCCCCOCCCc1cc2c(cc1O)C1(CC2(C)C)CC(C)(C)c2cc(CCCOCCCCCC)c(O)cc21. The van der Waals surface area contributed by atoms with E-state index in [0.717, 1.165) is 88.9 Å². The molecule has 0 aliphatic heterocycles. The van der Waals surface area contributed by atoms with Gasteiger partial charge < -0.3 is 19.7 Å². The van der Waals surface area contributed by atoms with Crippen molar-refractivity contribution in [3.63, 3.8) is 0 Å². The predicted molar refractivity (Wildman–Crippen MR) is 179 cm³/mol. The lowest BCUT2D eigenvalue weighted by atomic mass is 9.72. The largest absolute Gasteiger partial charge is 0.508 e. The van der Waals surface area contributed by atoms with E-state index in [9.17, 15) is 10.2 Å². The van der Waals surface area contributed by atoms with Crippen LogP contribution in [0.25, 0.3) is 0 Å². The zero-order valence-electron chi connectivity index (χ0n) is 28.2. The molecule has 4 heteroatoms. The third-order valence-corrected chi connectivity index (χ3v) is 10.2. The molecule has 1 spiro atoms. The van der Waals surface area contributed by atoms with Crippen molar-refractivity contribution in [1.29, 1.82) is 0 Å². The van der Waals surface area contributed by atoms with Crippen LogP contribution in [0.5, 0.6) is 11.5 Å². The van der Waals surface area contributed by atoms with E-state index in [1.165, 1.54) is 60.8 Å². The summed E-state index contributed by atoms with van der Waals surface area (Å²) in [5.74, 6) is 0.807. The summed E-state index contributed by atoms with van der Waals surface area (Å²) in [4.78, 5) is 0. The second-order valence-electron chi connectivity index (χ2n) is 14.8. The zero-order valence-corrected chi connectivity index (χ0v) is 28.2. The smallest absolute Gasteiger partial charge is 0.119 e. The van der Waals surface area contributed by atoms with Gasteiger partial charge >= 0.3 is 0 Å². The van der Waals surface area contributed by atoms with Crippen LogP contribution < -0.4 is 0 Å². The Kier molecular flexibility index (Phi) is 11.7. The number of fused-ring (bicyclic) bond motifs is 4. The van der Waals surface area contributed by atoms with E-state index in [2.05, 4.69) is 65.8 Å². The highest BCUT2D eigenvalue weighted by Crippen LogP contribution is 2.64. The van der Waals surface area contributed by atoms with Gasteiger partial charge in [0, 0.05) is 31.8 Å². The number of aryl methyl sites for hydroxylation is 2. The van der Waals surface area contributed by atoms with Gasteiger partial charge in [-0.15, -0.1) is 0 Å². The minimum atomic E-state index is -0.202. The van der Waals surface area contributed by atoms with Crippen molar-refractivity contribution in [3.05, 3.63) is 57.6 Å². The van der Waals surface area contributed by atoms with E-state index in [1.807, 2.05) is 0 Å². The van der Waals surface area contributed by atoms with Gasteiger partial charge in [0.25, 0.3) is 0 Å². The minimum absolute atomic E-state index is 0.0198. The summed E-state index contributed by atoms with van der Waals surface area (Å²) in [6.45, 7) is 17.0. The molecule has 0 fully saturated rings. The lowest BCUT2D eigenvalue weighted by Gasteiger charge is -2.30. The first kappa shape index (κ1) is 33.8. The van der Waals surface area contributed by atoms with Crippen LogP contribution in [0, 0.1) is 0 Å². The maximum Gasteiger partial charge on any atom is 0.119 e. The van der Waals surface area contributed by atoms with Gasteiger partial charge in [0.05, 0.1) is 0 Å². The van der Waals surface area contributed by atoms with Gasteiger partial charge in [-0.3, -0.25) is 0 Å². The number of ether oxygens (including phenoxy) is 2. The predicted octanol–water partition coefficient (Wildman–Crippen LogP) is 9.81. The van der Waals surface area contributed by atoms with Crippen LogP contribution in [0.15, 0.2) is 24.3 Å². The first-order chi connectivity index (χ1) is 20.6. The molecule has 0 saturated carbocycles. The van der Waals surface area contributed by atoms with Crippen molar-refractivity contribution in [1.82, 2.24) is 0 Å². The molecule has 2 aliphatic carbocycles. The van der Waals surface area contributed by atoms with Gasteiger partial charge in [-0.25, -0.2) is 0 Å². The van der Waals surface area contributed by atoms with Crippen LogP contribution in [0.1, 0.15) is 152 Å². The van der Waals surface area contributed by atoms with E-state index in [0.29, 0.717) is 11.5 Å². The second kappa shape index (κ2) is 14.8. The van der Waals surface area contributed by atoms with E-state index < -0.39 is 0 Å². The van der Waals surface area contributed by atoms with E-state index >= 15 is 0 Å². The van der Waals surface area contributed by atoms with Crippen LogP contribution >= 0.6 is 0 Å². The number of hydrogen-bond donors (Lipinski definition) is 2. The Hall–Kier alpha value is -2.04. The van der Waals surface area contributed by atoms with Gasteiger partial charge in [0.15, 0.2) is 0 Å². The maximum absolute atomic E-state index is 11.3. The molecule has 0 bridgehead atoms. The van der Waals surface area contributed by atoms with Crippen molar-refractivity contribution in [2.45, 2.75) is 148 Å². The molecule has 0 heterocycles. The van der Waals surface area contributed by atoms with Crippen molar-refractivity contribution in [3.8, 4) is 11.5 Å². The Morgan fingerprint density at radius 3 is 1.33 bits per heavy atom. The first-order valence-corrected chi connectivity index (χ1v) is 17.4. The molecule has 2 N–H and O–H groups in total. The molecule has 4 nitrogen and oxygen atoms in total. The molecular weight excluding hydrogens is 532 g/mol. The summed E-state index contributed by atoms with van der Waals surface area (Å²) in [6, 6.07) is 8.70. The van der Waals surface area contributed by atoms with Gasteiger partial charge in [-0.1, -0.05) is 92.2 Å². The number of benzene rings is 2. The number of hydrogen-bond acceptors (Lipinski definition) is 4. The zero-order chi connectivity index (χ0) is 31.1. The van der Waals surface area contributed by atoms with Gasteiger partial charge in [0.2, 0.25) is 0 Å². The minimum Gasteiger partial charge on any atom is -0.508 e. The second-order valence-corrected chi connectivity index (χ2v) is 14.8. The average molecular weight is 593 g/mol. The molecule has 240 valence electrons. The van der Waals surface area contributed by atoms with Crippen molar-refractivity contribution in [2.75, 3.05) is 26.4 Å². The molecule has 2 aliphatic rings. The fraction of sp³-hybridized carbons (Fsp3) is 0.692. The van der Waals surface area contributed by atoms with Gasteiger partial charge in [-0.2, -0.15) is 0 Å². The van der Waals surface area contributed by atoms with Crippen LogP contribution in [0.4, 0.5) is 0 Å². The number of unbranched alkanes of at least 4 members (excludes halogenated alkanes) is 6. The Morgan fingerprint density at radius 1 is 0.535 bits per heavy atom. The summed E-state index contributed by atoms with van der Waals surface area (Å²) in [5.41, 5.74) is 7.02.